The number of nitrogens with zero attached hydrogens (tertiary/aromatic N) is 2. The second kappa shape index (κ2) is 5.94. The zero-order valence-electron chi connectivity index (χ0n) is 11.6. The first kappa shape index (κ1) is 13.6. The van der Waals surface area contributed by atoms with Gasteiger partial charge in [0.2, 0.25) is 0 Å². The lowest BCUT2D eigenvalue weighted by molar-refractivity contribution is 0.623. The van der Waals surface area contributed by atoms with Crippen molar-refractivity contribution < 1.29 is 4.39 Å². The van der Waals surface area contributed by atoms with Crippen molar-refractivity contribution in [3.05, 3.63) is 65.0 Å². The van der Waals surface area contributed by atoms with Gasteiger partial charge in [0.1, 0.15) is 5.82 Å². The third-order valence-corrected chi connectivity index (χ3v) is 3.76. The Kier molecular flexibility index (Phi) is 3.85. The molecular weight excluding hydrogens is 265 g/mol. The molecule has 0 spiro atoms. The number of para-hydroxylation sites is 1. The summed E-state index contributed by atoms with van der Waals surface area (Å²) in [5, 5.41) is 12.6. The van der Waals surface area contributed by atoms with Crippen LogP contribution in [0.25, 0.3) is 0 Å². The van der Waals surface area contributed by atoms with Crippen molar-refractivity contribution in [2.75, 3.05) is 18.0 Å². The lowest BCUT2D eigenvalue weighted by Crippen LogP contribution is -2.28. The molecule has 1 heterocycles. The molecule has 0 aromatic heterocycles. The van der Waals surface area contributed by atoms with Crippen LogP contribution in [-0.2, 0) is 13.1 Å². The molecule has 0 unspecified atom stereocenters. The molecule has 0 atom stereocenters. The largest absolute Gasteiger partial charge is 0.366 e. The number of nitriles is 1. The van der Waals surface area contributed by atoms with E-state index in [1.54, 1.807) is 6.07 Å². The van der Waals surface area contributed by atoms with Crippen molar-refractivity contribution in [2.24, 2.45) is 0 Å². The third-order valence-electron chi connectivity index (χ3n) is 3.76. The fraction of sp³-hybridized carbons (Fsp3) is 0.235. The molecule has 0 bridgehead atoms. The Balaban J connectivity index is 1.95. The molecule has 0 fully saturated rings. The predicted octanol–water partition coefficient (Wildman–Crippen LogP) is 2.81. The van der Waals surface area contributed by atoms with Gasteiger partial charge in [-0.25, -0.2) is 4.39 Å². The van der Waals surface area contributed by atoms with Gasteiger partial charge in [-0.2, -0.15) is 5.26 Å². The lowest BCUT2D eigenvalue weighted by Gasteiger charge is -2.25. The van der Waals surface area contributed by atoms with Crippen LogP contribution in [0.4, 0.5) is 10.1 Å². The summed E-state index contributed by atoms with van der Waals surface area (Å²) in [5.41, 5.74) is 3.64. The van der Waals surface area contributed by atoms with Crippen molar-refractivity contribution in [1.82, 2.24) is 5.32 Å². The molecule has 0 radical (unpaired) electrons. The summed E-state index contributed by atoms with van der Waals surface area (Å²) >= 11 is 0. The smallest absolute Gasteiger partial charge is 0.123 e. The SMILES string of the molecule is N#Cc1ccc(F)cc1CN1CCNCc2ccccc21. The summed E-state index contributed by atoms with van der Waals surface area (Å²) in [6.07, 6.45) is 0. The Morgan fingerprint density at radius 3 is 2.95 bits per heavy atom. The number of nitrogens with one attached hydrogen (secondary N) is 1. The van der Waals surface area contributed by atoms with Crippen LogP contribution in [0.1, 0.15) is 16.7 Å². The molecule has 3 nitrogen and oxygen atoms in total. The van der Waals surface area contributed by atoms with Crippen molar-refractivity contribution in [1.29, 1.82) is 5.26 Å². The topological polar surface area (TPSA) is 39.1 Å². The normalized spacial score (nSPS) is 14.2. The van der Waals surface area contributed by atoms with Gasteiger partial charge >= 0.3 is 0 Å². The minimum Gasteiger partial charge on any atom is -0.366 e. The molecule has 3 rings (SSSR count). The summed E-state index contributed by atoms with van der Waals surface area (Å²) in [6.45, 7) is 3.07. The van der Waals surface area contributed by atoms with Gasteiger partial charge in [-0.05, 0) is 35.4 Å². The van der Waals surface area contributed by atoms with Crippen LogP contribution in [0.3, 0.4) is 0 Å². The van der Waals surface area contributed by atoms with E-state index in [1.165, 1.54) is 17.7 Å². The van der Waals surface area contributed by atoms with Gasteiger partial charge in [0.05, 0.1) is 11.6 Å². The Hall–Kier alpha value is -2.38. The van der Waals surface area contributed by atoms with Gasteiger partial charge in [-0.3, -0.25) is 0 Å². The monoisotopic (exact) mass is 281 g/mol. The highest BCUT2D eigenvalue weighted by atomic mass is 19.1. The summed E-state index contributed by atoms with van der Waals surface area (Å²) in [7, 11) is 0. The van der Waals surface area contributed by atoms with Gasteiger partial charge in [-0.15, -0.1) is 0 Å². The van der Waals surface area contributed by atoms with E-state index in [9.17, 15) is 9.65 Å². The Labute approximate surface area is 123 Å². The number of rotatable bonds is 2. The number of anilines is 1. The number of benzene rings is 2. The molecule has 21 heavy (non-hydrogen) atoms. The number of fused-ring (bicyclic) bond motifs is 1. The molecule has 0 saturated heterocycles. The highest BCUT2D eigenvalue weighted by Crippen LogP contribution is 2.25. The number of halogens is 1. The van der Waals surface area contributed by atoms with Gasteiger partial charge < -0.3 is 10.2 Å². The van der Waals surface area contributed by atoms with Crippen LogP contribution >= 0.6 is 0 Å². The zero-order chi connectivity index (χ0) is 14.7. The molecule has 0 amide bonds. The minimum absolute atomic E-state index is 0.301. The first-order valence-corrected chi connectivity index (χ1v) is 7.00. The molecule has 1 N–H and O–H groups in total. The maximum Gasteiger partial charge on any atom is 0.123 e. The van der Waals surface area contributed by atoms with Crippen LogP contribution in [0.5, 0.6) is 0 Å². The minimum atomic E-state index is -0.301. The van der Waals surface area contributed by atoms with Gasteiger partial charge in [-0.1, -0.05) is 18.2 Å². The second-order valence-electron chi connectivity index (χ2n) is 5.14. The molecule has 0 aliphatic carbocycles. The van der Waals surface area contributed by atoms with Crippen molar-refractivity contribution >= 4 is 5.69 Å². The standard InChI is InChI=1S/C17H16FN3/c18-16-6-5-13(10-19)15(9-16)12-21-8-7-20-11-14-3-1-2-4-17(14)21/h1-6,9,20H,7-8,11-12H2. The van der Waals surface area contributed by atoms with Crippen molar-refractivity contribution in [2.45, 2.75) is 13.1 Å². The van der Waals surface area contributed by atoms with E-state index in [4.69, 9.17) is 0 Å². The van der Waals surface area contributed by atoms with Crippen molar-refractivity contribution in [3.8, 4) is 6.07 Å². The summed E-state index contributed by atoms with van der Waals surface area (Å²) in [4.78, 5) is 2.20. The second-order valence-corrected chi connectivity index (χ2v) is 5.14. The average Bonchev–Trinajstić information content (AvgIpc) is 2.70. The predicted molar refractivity (Wildman–Crippen MR) is 80.3 cm³/mol. The van der Waals surface area contributed by atoms with E-state index in [0.29, 0.717) is 12.1 Å². The van der Waals surface area contributed by atoms with E-state index < -0.39 is 0 Å². The quantitative estimate of drug-likeness (QED) is 0.920. The summed E-state index contributed by atoms with van der Waals surface area (Å²) in [5.74, 6) is -0.301. The van der Waals surface area contributed by atoms with Crippen LogP contribution in [-0.4, -0.2) is 13.1 Å². The molecule has 2 aromatic carbocycles. The number of hydrogen-bond acceptors (Lipinski definition) is 3. The van der Waals surface area contributed by atoms with E-state index in [0.717, 1.165) is 30.9 Å². The number of hydrogen-bond donors (Lipinski definition) is 1. The third kappa shape index (κ3) is 2.88. The maximum absolute atomic E-state index is 13.5. The van der Waals surface area contributed by atoms with Gasteiger partial charge in [0.15, 0.2) is 0 Å². The molecule has 0 saturated carbocycles. The first-order valence-electron chi connectivity index (χ1n) is 7.00. The highest BCUT2D eigenvalue weighted by Gasteiger charge is 2.16. The van der Waals surface area contributed by atoms with Crippen LogP contribution < -0.4 is 10.2 Å². The van der Waals surface area contributed by atoms with Crippen molar-refractivity contribution in [3.63, 3.8) is 0 Å². The lowest BCUT2D eigenvalue weighted by atomic mass is 10.1. The van der Waals surface area contributed by atoms with Gasteiger partial charge in [0.25, 0.3) is 0 Å². The maximum atomic E-state index is 13.5. The summed E-state index contributed by atoms with van der Waals surface area (Å²) in [6, 6.07) is 14.7. The van der Waals surface area contributed by atoms with E-state index in [2.05, 4.69) is 28.4 Å². The van der Waals surface area contributed by atoms with E-state index in [1.807, 2.05) is 12.1 Å². The molecule has 1 aliphatic heterocycles. The van der Waals surface area contributed by atoms with Crippen LogP contribution in [0, 0.1) is 17.1 Å². The van der Waals surface area contributed by atoms with Crippen LogP contribution in [0.2, 0.25) is 0 Å². The fourth-order valence-corrected chi connectivity index (χ4v) is 2.70. The molecular formula is C17H16FN3. The van der Waals surface area contributed by atoms with E-state index in [-0.39, 0.29) is 5.82 Å². The van der Waals surface area contributed by atoms with Crippen LogP contribution in [0.15, 0.2) is 42.5 Å². The zero-order valence-corrected chi connectivity index (χ0v) is 11.6. The Morgan fingerprint density at radius 1 is 1.24 bits per heavy atom. The molecule has 4 heteroatoms. The fourth-order valence-electron chi connectivity index (χ4n) is 2.70. The summed E-state index contributed by atoms with van der Waals surface area (Å²) < 4.78 is 13.5. The average molecular weight is 281 g/mol. The van der Waals surface area contributed by atoms with Gasteiger partial charge in [0, 0.05) is 31.9 Å². The van der Waals surface area contributed by atoms with E-state index >= 15 is 0 Å². The Bertz CT molecular complexity index is 691. The molecule has 106 valence electrons. The molecule has 2 aromatic rings. The molecule has 1 aliphatic rings. The highest BCUT2D eigenvalue weighted by molar-refractivity contribution is 5.55. The Morgan fingerprint density at radius 2 is 2.10 bits per heavy atom. The first-order chi connectivity index (χ1) is 10.3.